The Balaban J connectivity index is 0.00000650. The van der Waals surface area contributed by atoms with Crippen LogP contribution in [0.3, 0.4) is 0 Å². The number of aromatic hydroxyl groups is 2. The zero-order valence-corrected chi connectivity index (χ0v) is 30.7. The molecule has 6 N–H and O–H groups in total. The maximum absolute atomic E-state index is 12.3. The van der Waals surface area contributed by atoms with Crippen molar-refractivity contribution in [3.8, 4) is 23.0 Å². The van der Waals surface area contributed by atoms with E-state index < -0.39 is 42.3 Å². The summed E-state index contributed by atoms with van der Waals surface area (Å²) in [6.45, 7) is 0.227. The van der Waals surface area contributed by atoms with Crippen LogP contribution in [-0.2, 0) is 48.8 Å². The van der Waals surface area contributed by atoms with Crippen molar-refractivity contribution in [1.82, 2.24) is 11.0 Å². The minimum Gasteiger partial charge on any atom is -0.506 e. The van der Waals surface area contributed by atoms with Gasteiger partial charge in [-0.05, 0) is 53.4 Å². The molecular weight excluding hydrogens is 800 g/mol. The first kappa shape index (κ1) is 41.3. The van der Waals surface area contributed by atoms with Gasteiger partial charge in [-0.2, -0.15) is 38.0 Å². The summed E-state index contributed by atoms with van der Waals surface area (Å²) in [5.41, 5.74) is 5.73. The molecule has 0 unspecified atom stereocenters. The first-order valence-corrected chi connectivity index (χ1v) is 17.8. The fourth-order valence-corrected chi connectivity index (χ4v) is 5.89. The Labute approximate surface area is 318 Å². The number of fused-ring (bicyclic) bond motifs is 1. The van der Waals surface area contributed by atoms with Crippen LogP contribution in [0, 0.1) is 0 Å². The van der Waals surface area contributed by atoms with Crippen LogP contribution in [0.25, 0.3) is 10.8 Å². The van der Waals surface area contributed by atoms with E-state index in [4.69, 9.17) is 14.4 Å². The van der Waals surface area contributed by atoms with Gasteiger partial charge in [0.15, 0.2) is 5.75 Å². The van der Waals surface area contributed by atoms with Crippen LogP contribution >= 0.6 is 0 Å². The number of phenolic OH excluding ortho intramolecular Hbond substituents is 2. The Bertz CT molecular complexity index is 2500. The fraction of sp³-hybridized carbons (Fsp3) is 0.125. The van der Waals surface area contributed by atoms with E-state index in [2.05, 4.69) is 41.6 Å². The molecule has 0 aliphatic heterocycles. The third kappa shape index (κ3) is 9.96. The number of rotatable bonds is 14. The molecule has 0 fully saturated rings. The van der Waals surface area contributed by atoms with Gasteiger partial charge in [0.1, 0.15) is 44.9 Å². The van der Waals surface area contributed by atoms with Gasteiger partial charge in [0, 0.05) is 54.2 Å². The van der Waals surface area contributed by atoms with Crippen molar-refractivity contribution in [3.63, 3.8) is 0 Å². The molecule has 0 aliphatic carbocycles. The van der Waals surface area contributed by atoms with Crippen molar-refractivity contribution in [2.75, 3.05) is 21.3 Å². The number of ether oxygens (including phenoxy) is 2. The van der Waals surface area contributed by atoms with E-state index in [0.29, 0.717) is 11.3 Å². The first-order valence-electron chi connectivity index (χ1n) is 14.9. The summed E-state index contributed by atoms with van der Waals surface area (Å²) in [7, 11) is -5.07. The number of nitrogens with one attached hydrogen (secondary N) is 2. The molecule has 0 aliphatic rings. The minimum atomic E-state index is -4.91. The Hall–Kier alpha value is -5.42. The average molecular weight is 830 g/mol. The quantitative estimate of drug-likeness (QED) is 0.0213. The smallest absolute Gasteiger partial charge is 0.296 e. The molecule has 0 saturated carbocycles. The normalized spacial score (nSPS) is 12.2. The summed E-state index contributed by atoms with van der Waals surface area (Å²) in [6, 6.07) is 18.1. The van der Waals surface area contributed by atoms with Gasteiger partial charge in [0.25, 0.3) is 20.2 Å². The Kier molecular flexibility index (Phi) is 13.5. The molecular formula is C32H30CuN8O11S2. The molecule has 0 heterocycles. The molecule has 0 bridgehead atoms. The summed E-state index contributed by atoms with van der Waals surface area (Å²) in [6.07, 6.45) is 0. The van der Waals surface area contributed by atoms with Crippen LogP contribution in [0.2, 0.25) is 0 Å². The van der Waals surface area contributed by atoms with Crippen molar-refractivity contribution >= 4 is 65.1 Å². The van der Waals surface area contributed by atoms with E-state index in [1.807, 2.05) is 0 Å². The van der Waals surface area contributed by atoms with Crippen LogP contribution < -0.4 is 20.4 Å². The third-order valence-electron chi connectivity index (χ3n) is 7.20. The summed E-state index contributed by atoms with van der Waals surface area (Å²) in [4.78, 5) is 3.81. The van der Waals surface area contributed by atoms with Crippen LogP contribution in [0.15, 0.2) is 119 Å². The Morgan fingerprint density at radius 3 is 2.02 bits per heavy atom. The van der Waals surface area contributed by atoms with Crippen molar-refractivity contribution in [2.24, 2.45) is 30.7 Å². The zero-order valence-electron chi connectivity index (χ0n) is 28.2. The first-order chi connectivity index (χ1) is 25.2. The molecule has 0 aromatic heterocycles. The van der Waals surface area contributed by atoms with Crippen LogP contribution in [-0.4, -0.2) is 57.4 Å². The van der Waals surface area contributed by atoms with Gasteiger partial charge in [-0.3, -0.25) is 9.11 Å². The van der Waals surface area contributed by atoms with Crippen LogP contribution in [0.5, 0.6) is 23.0 Å². The summed E-state index contributed by atoms with van der Waals surface area (Å²) >= 11 is 0. The number of azo groups is 3. The predicted molar refractivity (Wildman–Crippen MR) is 189 cm³/mol. The van der Waals surface area contributed by atoms with Crippen LogP contribution in [0.4, 0.5) is 34.1 Å². The second kappa shape index (κ2) is 17.6. The zero-order chi connectivity index (χ0) is 38.3. The van der Waals surface area contributed by atoms with E-state index in [9.17, 15) is 36.2 Å². The van der Waals surface area contributed by atoms with E-state index >= 15 is 0 Å². The van der Waals surface area contributed by atoms with Gasteiger partial charge >= 0.3 is 0 Å². The second-order valence-electron chi connectivity index (χ2n) is 10.7. The summed E-state index contributed by atoms with van der Waals surface area (Å²) in [5.74, 6) is -0.766. The van der Waals surface area contributed by atoms with E-state index in [0.717, 1.165) is 18.2 Å². The van der Waals surface area contributed by atoms with Crippen molar-refractivity contribution < 1.29 is 67.6 Å². The van der Waals surface area contributed by atoms with Crippen molar-refractivity contribution in [3.05, 3.63) is 84.4 Å². The molecule has 5 aromatic carbocycles. The van der Waals surface area contributed by atoms with Crippen LogP contribution in [0.1, 0.15) is 5.56 Å². The predicted octanol–water partition coefficient (Wildman–Crippen LogP) is 7.16. The van der Waals surface area contributed by atoms with Gasteiger partial charge in [0.2, 0.25) is 0 Å². The SMILES string of the molecule is CNONCc1ccc2c(O)c(N=Nc3cc(OC)c(N=Nc4ccc(N=Nc5cccc(S(=O)(=O)O)c5)cc4OC)cc3O)c(S(=O)(=O)O)cc2c1.[Cu]. The summed E-state index contributed by atoms with van der Waals surface area (Å²) in [5, 5.41) is 46.4. The van der Waals surface area contributed by atoms with E-state index in [1.54, 1.807) is 19.2 Å². The molecule has 287 valence electrons. The monoisotopic (exact) mass is 829 g/mol. The maximum Gasteiger partial charge on any atom is 0.296 e. The molecule has 0 spiro atoms. The molecule has 0 atom stereocenters. The number of hydroxylamine groups is 2. The van der Waals surface area contributed by atoms with Gasteiger partial charge in [-0.1, -0.05) is 18.2 Å². The maximum atomic E-state index is 12.3. The van der Waals surface area contributed by atoms with Crippen molar-refractivity contribution in [1.29, 1.82) is 0 Å². The van der Waals surface area contributed by atoms with Gasteiger partial charge in [-0.25, -0.2) is 4.94 Å². The molecule has 22 heteroatoms. The van der Waals surface area contributed by atoms with E-state index in [1.165, 1.54) is 62.8 Å². The van der Waals surface area contributed by atoms with E-state index in [-0.39, 0.29) is 73.5 Å². The van der Waals surface area contributed by atoms with Gasteiger partial charge in [-0.15, -0.1) is 20.5 Å². The number of methoxy groups -OCH3 is 2. The largest absolute Gasteiger partial charge is 0.506 e. The molecule has 54 heavy (non-hydrogen) atoms. The molecule has 0 saturated heterocycles. The molecule has 5 rings (SSSR count). The number of hydrogen-bond acceptors (Lipinski definition) is 17. The number of phenols is 2. The number of benzene rings is 5. The topological polar surface area (TPSA) is 275 Å². The Morgan fingerprint density at radius 2 is 1.35 bits per heavy atom. The summed E-state index contributed by atoms with van der Waals surface area (Å²) < 4.78 is 77.4. The molecule has 5 aromatic rings. The molecule has 19 nitrogen and oxygen atoms in total. The second-order valence-corrected chi connectivity index (χ2v) is 13.5. The van der Waals surface area contributed by atoms with Gasteiger partial charge < -0.3 is 19.7 Å². The number of hydrogen-bond donors (Lipinski definition) is 6. The molecule has 1 radical (unpaired) electrons. The fourth-order valence-electron chi connectivity index (χ4n) is 4.71. The molecule has 0 amide bonds. The minimum absolute atomic E-state index is 0. The average Bonchev–Trinajstić information content (AvgIpc) is 3.12. The standard InChI is InChI=1S/C32H30N8O11S2.Cu/c1-33-51-34-17-18-7-9-23-19(11-18)12-30(53(46,47)48)31(32(23)42)40-38-25-16-29(50-3)26(15-27(25)41)39-37-24-10-8-21(14-28(24)49-2)36-35-20-5-4-6-22(13-20)52(43,44)45;/h4-16,33-34,41-42H,17H2,1-3H3,(H,43,44,45)(H,46,47,48);. The number of nitrogens with zero attached hydrogens (tertiary/aromatic N) is 6. The Morgan fingerprint density at radius 1 is 0.685 bits per heavy atom. The third-order valence-corrected chi connectivity index (χ3v) is 8.92. The van der Waals surface area contributed by atoms with Gasteiger partial charge in [0.05, 0.1) is 30.5 Å². The van der Waals surface area contributed by atoms with Crippen molar-refractivity contribution in [2.45, 2.75) is 16.3 Å².